The molecule has 126 valence electrons. The van der Waals surface area contributed by atoms with Gasteiger partial charge in [0.05, 0.1) is 5.56 Å². The van der Waals surface area contributed by atoms with E-state index in [-0.39, 0.29) is 13.4 Å². The summed E-state index contributed by atoms with van der Waals surface area (Å²) in [5.41, 5.74) is 2.02. The molecule has 3 aromatic rings. The van der Waals surface area contributed by atoms with E-state index < -0.39 is 5.97 Å². The van der Waals surface area contributed by atoms with Crippen molar-refractivity contribution in [2.75, 3.05) is 6.79 Å². The number of nitrogens with zero attached hydrogens (tertiary/aromatic N) is 2. The molecule has 0 amide bonds. The Hall–Kier alpha value is -3.35. The number of aromatic nitrogens is 2. The van der Waals surface area contributed by atoms with Crippen LogP contribution in [0.2, 0.25) is 0 Å². The van der Waals surface area contributed by atoms with Crippen LogP contribution in [-0.2, 0) is 11.3 Å². The molecule has 0 radical (unpaired) electrons. The van der Waals surface area contributed by atoms with Crippen LogP contribution < -0.4 is 9.47 Å². The fourth-order valence-electron chi connectivity index (χ4n) is 2.43. The molecule has 7 heteroatoms. The van der Waals surface area contributed by atoms with E-state index in [1.807, 2.05) is 6.07 Å². The third-order valence-corrected chi connectivity index (χ3v) is 3.70. The Balaban J connectivity index is 1.41. The molecule has 0 atom stereocenters. The van der Waals surface area contributed by atoms with Gasteiger partial charge in [-0.05, 0) is 48.9 Å². The predicted molar refractivity (Wildman–Crippen MR) is 86.2 cm³/mol. The van der Waals surface area contributed by atoms with Crippen molar-refractivity contribution in [1.82, 2.24) is 10.1 Å². The molecule has 1 aromatic heterocycles. The van der Waals surface area contributed by atoms with Gasteiger partial charge in [0.1, 0.15) is 6.61 Å². The minimum absolute atomic E-state index is 0.153. The Bertz CT molecular complexity index is 917. The van der Waals surface area contributed by atoms with Gasteiger partial charge in [-0.15, -0.1) is 0 Å². The molecule has 25 heavy (non-hydrogen) atoms. The maximum absolute atomic E-state index is 12.2. The topological polar surface area (TPSA) is 83.7 Å². The number of fused-ring (bicyclic) bond motifs is 1. The van der Waals surface area contributed by atoms with E-state index in [4.69, 9.17) is 18.7 Å². The largest absolute Gasteiger partial charge is 0.457 e. The van der Waals surface area contributed by atoms with Crippen molar-refractivity contribution in [2.24, 2.45) is 0 Å². The van der Waals surface area contributed by atoms with Gasteiger partial charge in [-0.2, -0.15) is 4.98 Å². The van der Waals surface area contributed by atoms with Gasteiger partial charge in [0, 0.05) is 5.56 Å². The average Bonchev–Trinajstić information content (AvgIpc) is 3.28. The fourth-order valence-corrected chi connectivity index (χ4v) is 2.43. The van der Waals surface area contributed by atoms with Crippen LogP contribution in [0, 0.1) is 6.92 Å². The molecule has 0 saturated carbocycles. The standard InChI is InChI=1S/C18H14N2O5/c1-11-19-17(25-20-11)13-3-5-14(6-4-13)18(21)22-9-12-2-7-15-16(8-12)24-10-23-15/h2-8H,9-10H2,1H3. The molecule has 0 saturated heterocycles. The van der Waals surface area contributed by atoms with E-state index in [9.17, 15) is 4.79 Å². The third-order valence-electron chi connectivity index (χ3n) is 3.70. The van der Waals surface area contributed by atoms with E-state index in [0.717, 1.165) is 11.1 Å². The van der Waals surface area contributed by atoms with Crippen molar-refractivity contribution in [3.63, 3.8) is 0 Å². The molecule has 4 rings (SSSR count). The van der Waals surface area contributed by atoms with Crippen LogP contribution in [0.15, 0.2) is 47.0 Å². The first kappa shape index (κ1) is 15.2. The summed E-state index contributed by atoms with van der Waals surface area (Å²) in [6.07, 6.45) is 0. The Morgan fingerprint density at radius 3 is 2.68 bits per heavy atom. The van der Waals surface area contributed by atoms with Crippen LogP contribution in [0.5, 0.6) is 11.5 Å². The molecule has 2 heterocycles. The zero-order valence-corrected chi connectivity index (χ0v) is 13.4. The quantitative estimate of drug-likeness (QED) is 0.676. The molecule has 7 nitrogen and oxygen atoms in total. The summed E-state index contributed by atoms with van der Waals surface area (Å²) in [5.74, 6) is 1.92. The van der Waals surface area contributed by atoms with E-state index in [1.165, 1.54) is 0 Å². The van der Waals surface area contributed by atoms with Crippen LogP contribution in [0.25, 0.3) is 11.5 Å². The first-order valence-corrected chi connectivity index (χ1v) is 7.65. The third kappa shape index (κ3) is 3.16. The zero-order valence-electron chi connectivity index (χ0n) is 13.4. The number of carbonyl (C=O) groups excluding carboxylic acids is 1. The Kier molecular flexibility index (Phi) is 3.81. The van der Waals surface area contributed by atoms with Gasteiger partial charge in [0.25, 0.3) is 5.89 Å². The highest BCUT2D eigenvalue weighted by molar-refractivity contribution is 5.89. The molecule has 0 fully saturated rings. The molecule has 0 spiro atoms. The Morgan fingerprint density at radius 1 is 1.12 bits per heavy atom. The maximum atomic E-state index is 12.2. The summed E-state index contributed by atoms with van der Waals surface area (Å²) in [4.78, 5) is 16.3. The smallest absolute Gasteiger partial charge is 0.338 e. The lowest BCUT2D eigenvalue weighted by molar-refractivity contribution is 0.0472. The summed E-state index contributed by atoms with van der Waals surface area (Å²) in [6.45, 7) is 2.11. The van der Waals surface area contributed by atoms with Gasteiger partial charge < -0.3 is 18.7 Å². The van der Waals surface area contributed by atoms with E-state index >= 15 is 0 Å². The zero-order chi connectivity index (χ0) is 17.2. The van der Waals surface area contributed by atoms with Crippen LogP contribution in [-0.4, -0.2) is 22.9 Å². The second-order valence-electron chi connectivity index (χ2n) is 5.49. The van der Waals surface area contributed by atoms with E-state index in [0.29, 0.717) is 28.8 Å². The SMILES string of the molecule is Cc1noc(-c2ccc(C(=O)OCc3ccc4c(c3)OCO4)cc2)n1. The minimum Gasteiger partial charge on any atom is -0.457 e. The first-order chi connectivity index (χ1) is 12.2. The second kappa shape index (κ2) is 6.27. The average molecular weight is 338 g/mol. The van der Waals surface area contributed by atoms with Crippen LogP contribution in [0.4, 0.5) is 0 Å². The number of rotatable bonds is 4. The number of ether oxygens (including phenoxy) is 3. The van der Waals surface area contributed by atoms with Crippen LogP contribution in [0.3, 0.4) is 0 Å². The number of esters is 1. The lowest BCUT2D eigenvalue weighted by atomic mass is 10.1. The highest BCUT2D eigenvalue weighted by Crippen LogP contribution is 2.32. The van der Waals surface area contributed by atoms with E-state index in [1.54, 1.807) is 43.3 Å². The maximum Gasteiger partial charge on any atom is 0.338 e. The molecule has 0 bridgehead atoms. The van der Waals surface area contributed by atoms with Gasteiger partial charge in [-0.3, -0.25) is 0 Å². The molecule has 0 unspecified atom stereocenters. The molecule has 0 aliphatic carbocycles. The Labute approximate surface area is 143 Å². The highest BCUT2D eigenvalue weighted by Gasteiger charge is 2.15. The lowest BCUT2D eigenvalue weighted by Crippen LogP contribution is -2.05. The first-order valence-electron chi connectivity index (χ1n) is 7.65. The molecule has 0 N–H and O–H groups in total. The van der Waals surface area contributed by atoms with Gasteiger partial charge in [-0.25, -0.2) is 4.79 Å². The molecular weight excluding hydrogens is 324 g/mol. The molecule has 1 aliphatic rings. The molecular formula is C18H14N2O5. The minimum atomic E-state index is -0.411. The van der Waals surface area contributed by atoms with Crippen molar-refractivity contribution in [3.8, 4) is 23.0 Å². The number of carbonyl (C=O) groups is 1. The monoisotopic (exact) mass is 338 g/mol. The fraction of sp³-hybridized carbons (Fsp3) is 0.167. The van der Waals surface area contributed by atoms with Gasteiger partial charge >= 0.3 is 5.97 Å². The van der Waals surface area contributed by atoms with Crippen molar-refractivity contribution in [1.29, 1.82) is 0 Å². The van der Waals surface area contributed by atoms with Crippen molar-refractivity contribution < 1.29 is 23.5 Å². The van der Waals surface area contributed by atoms with Crippen molar-refractivity contribution in [2.45, 2.75) is 13.5 Å². The van der Waals surface area contributed by atoms with Crippen molar-refractivity contribution >= 4 is 5.97 Å². The molecule has 2 aromatic carbocycles. The lowest BCUT2D eigenvalue weighted by Gasteiger charge is -2.06. The summed E-state index contributed by atoms with van der Waals surface area (Å²) >= 11 is 0. The summed E-state index contributed by atoms with van der Waals surface area (Å²) < 4.78 is 21.0. The predicted octanol–water partition coefficient (Wildman–Crippen LogP) is 3.13. The summed E-state index contributed by atoms with van der Waals surface area (Å²) in [5, 5.41) is 3.74. The highest BCUT2D eigenvalue weighted by atomic mass is 16.7. The number of aryl methyl sites for hydroxylation is 1. The van der Waals surface area contributed by atoms with Crippen molar-refractivity contribution in [3.05, 3.63) is 59.4 Å². The summed E-state index contributed by atoms with van der Waals surface area (Å²) in [6, 6.07) is 12.2. The van der Waals surface area contributed by atoms with Crippen LogP contribution in [0.1, 0.15) is 21.7 Å². The van der Waals surface area contributed by atoms with Gasteiger partial charge in [-0.1, -0.05) is 11.2 Å². The number of hydrogen-bond donors (Lipinski definition) is 0. The van der Waals surface area contributed by atoms with E-state index in [2.05, 4.69) is 10.1 Å². The number of benzene rings is 2. The Morgan fingerprint density at radius 2 is 1.92 bits per heavy atom. The van der Waals surface area contributed by atoms with Gasteiger partial charge in [0.15, 0.2) is 17.3 Å². The van der Waals surface area contributed by atoms with Crippen LogP contribution >= 0.6 is 0 Å². The molecule has 1 aliphatic heterocycles. The second-order valence-corrected chi connectivity index (χ2v) is 5.49. The number of hydrogen-bond acceptors (Lipinski definition) is 7. The normalized spacial score (nSPS) is 12.2. The summed E-state index contributed by atoms with van der Waals surface area (Å²) in [7, 11) is 0. The van der Waals surface area contributed by atoms with Gasteiger partial charge in [0.2, 0.25) is 6.79 Å².